The molecule has 1 fully saturated rings. The molecule has 1 amide bonds. The zero-order valence-corrected chi connectivity index (χ0v) is 26.1. The van der Waals surface area contributed by atoms with Crippen molar-refractivity contribution in [1.82, 2.24) is 9.62 Å². The van der Waals surface area contributed by atoms with Gasteiger partial charge in [0, 0.05) is 19.2 Å². The van der Waals surface area contributed by atoms with Crippen LogP contribution in [0.15, 0.2) is 76.5 Å². The van der Waals surface area contributed by atoms with E-state index in [1.165, 1.54) is 48.9 Å². The maximum atomic E-state index is 13.7. The van der Waals surface area contributed by atoms with Crippen molar-refractivity contribution >= 4 is 31.6 Å². The van der Waals surface area contributed by atoms with Gasteiger partial charge < -0.3 is 19.5 Å². The van der Waals surface area contributed by atoms with E-state index in [1.54, 1.807) is 36.4 Å². The van der Waals surface area contributed by atoms with Crippen molar-refractivity contribution in [1.29, 1.82) is 0 Å². The van der Waals surface area contributed by atoms with Crippen molar-refractivity contribution in [2.75, 3.05) is 51.3 Å². The molecular weight excluding hydrogens is 594 g/mol. The second-order valence-corrected chi connectivity index (χ2v) is 13.8. The van der Waals surface area contributed by atoms with Gasteiger partial charge in [0.15, 0.2) is 0 Å². The van der Waals surface area contributed by atoms with Gasteiger partial charge in [-0.15, -0.1) is 0 Å². The van der Waals surface area contributed by atoms with Gasteiger partial charge >= 0.3 is 0 Å². The van der Waals surface area contributed by atoms with Crippen LogP contribution >= 0.6 is 0 Å². The number of amides is 1. The lowest BCUT2D eigenvalue weighted by molar-refractivity contribution is -0.119. The number of hydrogen-bond donors (Lipinski definition) is 1. The Morgan fingerprint density at radius 1 is 0.837 bits per heavy atom. The first-order chi connectivity index (χ1) is 20.6. The molecule has 0 radical (unpaired) electrons. The average molecular weight is 632 g/mol. The van der Waals surface area contributed by atoms with Gasteiger partial charge in [0.2, 0.25) is 15.9 Å². The third-order valence-corrected chi connectivity index (χ3v) is 10.7. The second kappa shape index (κ2) is 14.1. The predicted octanol–water partition coefficient (Wildman–Crippen LogP) is 3.58. The van der Waals surface area contributed by atoms with Crippen LogP contribution in [-0.4, -0.2) is 74.1 Å². The number of methoxy groups -OCH3 is 2. The van der Waals surface area contributed by atoms with E-state index in [1.807, 2.05) is 6.92 Å². The highest BCUT2D eigenvalue weighted by atomic mass is 32.2. The summed E-state index contributed by atoms with van der Waals surface area (Å²) in [7, 11) is -4.84. The van der Waals surface area contributed by atoms with E-state index >= 15 is 0 Å². The topological polar surface area (TPSA) is 132 Å². The number of sulfonamides is 2. The summed E-state index contributed by atoms with van der Waals surface area (Å²) in [4.78, 5) is 13.2. The summed E-state index contributed by atoms with van der Waals surface area (Å²) in [5.74, 6) is 0.519. The van der Waals surface area contributed by atoms with E-state index in [4.69, 9.17) is 14.2 Å². The molecule has 1 saturated heterocycles. The molecule has 13 heteroatoms. The minimum atomic E-state index is -4.17. The molecule has 1 aliphatic rings. The van der Waals surface area contributed by atoms with Crippen molar-refractivity contribution in [2.45, 2.75) is 36.0 Å². The maximum absolute atomic E-state index is 13.7. The number of piperidine rings is 1. The van der Waals surface area contributed by atoms with E-state index in [-0.39, 0.29) is 34.4 Å². The molecule has 3 aromatic carbocycles. The highest BCUT2D eigenvalue weighted by molar-refractivity contribution is 7.93. The molecule has 0 atom stereocenters. The Bertz CT molecular complexity index is 1600. The van der Waals surface area contributed by atoms with E-state index in [0.29, 0.717) is 24.6 Å². The highest BCUT2D eigenvalue weighted by Crippen LogP contribution is 2.35. The fraction of sp³-hybridized carbons (Fsp3) is 0.367. The van der Waals surface area contributed by atoms with Gasteiger partial charge in [-0.1, -0.05) is 24.1 Å². The number of nitrogens with zero attached hydrogens (tertiary/aromatic N) is 2. The summed E-state index contributed by atoms with van der Waals surface area (Å²) in [5.41, 5.74) is 1.04. The molecule has 0 saturated carbocycles. The number of carbonyl (C=O) groups excluding carboxylic acids is 1. The summed E-state index contributed by atoms with van der Waals surface area (Å²) in [5, 5.41) is 2.69. The van der Waals surface area contributed by atoms with Crippen LogP contribution in [0.2, 0.25) is 0 Å². The normalized spacial score (nSPS) is 14.1. The van der Waals surface area contributed by atoms with E-state index in [0.717, 1.165) is 29.1 Å². The molecular formula is C30H37N3O8S2. The fourth-order valence-electron chi connectivity index (χ4n) is 4.64. The zero-order valence-electron chi connectivity index (χ0n) is 24.5. The number of carbonyl (C=O) groups is 1. The van der Waals surface area contributed by atoms with Crippen LogP contribution in [0.1, 0.15) is 24.8 Å². The first kappa shape index (κ1) is 32.1. The molecule has 232 valence electrons. The van der Waals surface area contributed by atoms with E-state index in [2.05, 4.69) is 5.32 Å². The van der Waals surface area contributed by atoms with Gasteiger partial charge in [-0.2, -0.15) is 4.31 Å². The summed E-state index contributed by atoms with van der Waals surface area (Å²) in [6.07, 6.45) is 2.74. The van der Waals surface area contributed by atoms with Crippen molar-refractivity contribution < 1.29 is 35.8 Å². The molecule has 11 nitrogen and oxygen atoms in total. The van der Waals surface area contributed by atoms with Crippen LogP contribution in [-0.2, 0) is 24.8 Å². The monoisotopic (exact) mass is 631 g/mol. The molecule has 0 bridgehead atoms. The summed E-state index contributed by atoms with van der Waals surface area (Å²) >= 11 is 0. The van der Waals surface area contributed by atoms with Gasteiger partial charge in [0.05, 0.1) is 36.2 Å². The van der Waals surface area contributed by atoms with Crippen LogP contribution in [0.4, 0.5) is 5.69 Å². The maximum Gasteiger partial charge on any atom is 0.264 e. The largest absolute Gasteiger partial charge is 0.497 e. The van der Waals surface area contributed by atoms with Crippen molar-refractivity contribution in [3.05, 3.63) is 72.3 Å². The first-order valence-corrected chi connectivity index (χ1v) is 16.8. The second-order valence-electron chi connectivity index (χ2n) is 10.00. The lowest BCUT2D eigenvalue weighted by Gasteiger charge is -2.26. The molecule has 43 heavy (non-hydrogen) atoms. The van der Waals surface area contributed by atoms with Gasteiger partial charge in [-0.05, 0) is 68.3 Å². The Labute approximate surface area is 253 Å². The molecule has 1 N–H and O–H groups in total. The summed E-state index contributed by atoms with van der Waals surface area (Å²) < 4.78 is 72.1. The number of nitrogens with one attached hydrogen (secondary N) is 1. The molecule has 0 aliphatic carbocycles. The molecule has 3 aromatic rings. The Morgan fingerprint density at radius 3 is 2.09 bits per heavy atom. The van der Waals surface area contributed by atoms with Crippen LogP contribution < -0.4 is 23.8 Å². The van der Waals surface area contributed by atoms with Crippen LogP contribution in [0, 0.1) is 6.92 Å². The summed E-state index contributed by atoms with van der Waals surface area (Å²) in [6.45, 7) is 2.53. The number of anilines is 1. The van der Waals surface area contributed by atoms with E-state index < -0.39 is 32.5 Å². The Kier molecular flexibility index (Phi) is 10.5. The Balaban J connectivity index is 1.42. The number of hydrogen-bond acceptors (Lipinski definition) is 8. The fourth-order valence-corrected chi connectivity index (χ4v) is 7.58. The van der Waals surface area contributed by atoms with Crippen LogP contribution in [0.5, 0.6) is 17.2 Å². The SMILES string of the molecule is COc1ccc(OC)c(N(CC(=O)NCCOc2ccc(S(=O)(=O)N3CCCCC3)cc2)S(=O)(=O)c2ccc(C)cc2)c1. The van der Waals surface area contributed by atoms with Crippen molar-refractivity contribution in [3.8, 4) is 17.2 Å². The number of rotatable bonds is 13. The molecule has 0 spiro atoms. The lowest BCUT2D eigenvalue weighted by Crippen LogP contribution is -2.42. The van der Waals surface area contributed by atoms with Gasteiger partial charge in [0.25, 0.3) is 10.0 Å². The molecule has 1 heterocycles. The third kappa shape index (κ3) is 7.78. The smallest absolute Gasteiger partial charge is 0.264 e. The van der Waals surface area contributed by atoms with Crippen molar-refractivity contribution in [2.24, 2.45) is 0 Å². The molecule has 4 rings (SSSR count). The molecule has 0 aromatic heterocycles. The highest BCUT2D eigenvalue weighted by Gasteiger charge is 2.30. The molecule has 1 aliphatic heterocycles. The molecule has 0 unspecified atom stereocenters. The van der Waals surface area contributed by atoms with Gasteiger partial charge in [-0.25, -0.2) is 16.8 Å². The minimum absolute atomic E-state index is 0.0184. The predicted molar refractivity (Wildman–Crippen MR) is 163 cm³/mol. The standard InChI is InChI=1S/C30H37N3O8S2/c1-23-7-12-27(13-8-23)43(37,38)33(28-21-25(39-2)11-16-29(28)40-3)22-30(34)31-17-20-41-24-9-14-26(15-10-24)42(35,36)32-18-5-4-6-19-32/h7-16,21H,4-6,17-20,22H2,1-3H3,(H,31,34). The quantitative estimate of drug-likeness (QED) is 0.283. The average Bonchev–Trinajstić information content (AvgIpc) is 3.02. The Morgan fingerprint density at radius 2 is 1.47 bits per heavy atom. The summed E-state index contributed by atoms with van der Waals surface area (Å²) in [6, 6.07) is 17.2. The number of ether oxygens (including phenoxy) is 3. The van der Waals surface area contributed by atoms with Crippen molar-refractivity contribution in [3.63, 3.8) is 0 Å². The minimum Gasteiger partial charge on any atom is -0.497 e. The third-order valence-electron chi connectivity index (χ3n) is 7.02. The number of aryl methyl sites for hydroxylation is 1. The van der Waals surface area contributed by atoms with Gasteiger partial charge in [0.1, 0.15) is 30.4 Å². The van der Waals surface area contributed by atoms with Crippen LogP contribution in [0.3, 0.4) is 0 Å². The number of benzene rings is 3. The lowest BCUT2D eigenvalue weighted by atomic mass is 10.2. The van der Waals surface area contributed by atoms with E-state index in [9.17, 15) is 21.6 Å². The van der Waals surface area contributed by atoms with Crippen LogP contribution in [0.25, 0.3) is 0 Å². The first-order valence-electron chi connectivity index (χ1n) is 13.9. The van der Waals surface area contributed by atoms with Gasteiger partial charge in [-0.3, -0.25) is 9.10 Å². The zero-order chi connectivity index (χ0) is 31.0. The Hall–Kier alpha value is -3.81.